The summed E-state index contributed by atoms with van der Waals surface area (Å²) in [6.07, 6.45) is 0. The lowest BCUT2D eigenvalue weighted by molar-refractivity contribution is 0.284. The second-order valence-electron chi connectivity index (χ2n) is 5.40. The zero-order valence-electron chi connectivity index (χ0n) is 12.8. The van der Waals surface area contributed by atoms with E-state index in [2.05, 4.69) is 34.9 Å². The number of nitrogens with one attached hydrogen (secondary N) is 2. The van der Waals surface area contributed by atoms with Gasteiger partial charge in [-0.2, -0.15) is 0 Å². The molecule has 1 heterocycles. The third-order valence-corrected chi connectivity index (χ3v) is 3.87. The van der Waals surface area contributed by atoms with Gasteiger partial charge in [-0.05, 0) is 23.3 Å². The first-order chi connectivity index (χ1) is 10.9. The molecule has 0 amide bonds. The number of hydrogen-bond acceptors (Lipinski definition) is 4. The van der Waals surface area contributed by atoms with Crippen molar-refractivity contribution in [3.05, 3.63) is 59.7 Å². The van der Waals surface area contributed by atoms with Gasteiger partial charge in [-0.25, -0.2) is 0 Å². The molecule has 0 radical (unpaired) electrons. The molecule has 0 spiro atoms. The number of piperazine rings is 1. The van der Waals surface area contributed by atoms with Crippen molar-refractivity contribution in [1.29, 1.82) is 0 Å². The van der Waals surface area contributed by atoms with Gasteiger partial charge >= 0.3 is 0 Å². The Morgan fingerprint density at radius 3 is 2.64 bits per heavy atom. The molecule has 4 heteroatoms. The molecule has 0 aliphatic carbocycles. The van der Waals surface area contributed by atoms with Crippen LogP contribution in [0.3, 0.4) is 0 Å². The second-order valence-corrected chi connectivity index (χ2v) is 5.40. The molecule has 22 heavy (non-hydrogen) atoms. The van der Waals surface area contributed by atoms with Crippen molar-refractivity contribution in [3.8, 4) is 11.5 Å². The minimum atomic E-state index is 0.325. The Balaban J connectivity index is 1.71. The average Bonchev–Trinajstić information content (AvgIpc) is 2.61. The molecule has 116 valence electrons. The first-order valence-electron chi connectivity index (χ1n) is 7.65. The Labute approximate surface area is 131 Å². The first kappa shape index (κ1) is 14.9. The van der Waals surface area contributed by atoms with Crippen molar-refractivity contribution in [2.45, 2.75) is 12.6 Å². The van der Waals surface area contributed by atoms with E-state index in [1.54, 1.807) is 7.11 Å². The van der Waals surface area contributed by atoms with Gasteiger partial charge in [0, 0.05) is 25.7 Å². The Morgan fingerprint density at radius 2 is 1.91 bits per heavy atom. The molecule has 0 saturated carbocycles. The molecule has 0 aromatic heterocycles. The van der Waals surface area contributed by atoms with Gasteiger partial charge in [0.1, 0.15) is 6.61 Å². The van der Waals surface area contributed by atoms with Crippen molar-refractivity contribution in [1.82, 2.24) is 10.6 Å². The number of hydrogen-bond donors (Lipinski definition) is 2. The van der Waals surface area contributed by atoms with Gasteiger partial charge in [-0.1, -0.05) is 36.4 Å². The van der Waals surface area contributed by atoms with Crippen LogP contribution in [0.5, 0.6) is 11.5 Å². The van der Waals surface area contributed by atoms with Gasteiger partial charge in [0.25, 0.3) is 0 Å². The standard InChI is InChI=1S/C18H22N2O2/c1-21-18-11-15(16-12-19-9-10-20-16)7-8-17(18)22-13-14-5-3-2-4-6-14/h2-8,11,16,19-20H,9-10,12-13H2,1H3/t16-/m1/s1. The van der Waals surface area contributed by atoms with Crippen LogP contribution in [-0.4, -0.2) is 26.7 Å². The summed E-state index contributed by atoms with van der Waals surface area (Å²) in [5, 5.41) is 6.90. The maximum Gasteiger partial charge on any atom is 0.161 e. The van der Waals surface area contributed by atoms with E-state index in [1.165, 1.54) is 5.56 Å². The van der Waals surface area contributed by atoms with E-state index in [9.17, 15) is 0 Å². The minimum Gasteiger partial charge on any atom is -0.493 e. The predicted molar refractivity (Wildman–Crippen MR) is 87.4 cm³/mol. The van der Waals surface area contributed by atoms with Crippen LogP contribution >= 0.6 is 0 Å². The lowest BCUT2D eigenvalue weighted by Gasteiger charge is -2.25. The van der Waals surface area contributed by atoms with Crippen molar-refractivity contribution in [2.24, 2.45) is 0 Å². The van der Waals surface area contributed by atoms with Crippen molar-refractivity contribution in [2.75, 3.05) is 26.7 Å². The molecule has 1 fully saturated rings. The fourth-order valence-electron chi connectivity index (χ4n) is 2.64. The summed E-state index contributed by atoms with van der Waals surface area (Å²) < 4.78 is 11.4. The molecule has 0 bridgehead atoms. The fourth-order valence-corrected chi connectivity index (χ4v) is 2.64. The zero-order valence-corrected chi connectivity index (χ0v) is 12.8. The average molecular weight is 298 g/mol. The molecule has 1 aliphatic heterocycles. The van der Waals surface area contributed by atoms with Crippen LogP contribution in [0.15, 0.2) is 48.5 Å². The van der Waals surface area contributed by atoms with E-state index in [4.69, 9.17) is 9.47 Å². The molecule has 2 aromatic carbocycles. The van der Waals surface area contributed by atoms with Crippen LogP contribution in [0.4, 0.5) is 0 Å². The number of rotatable bonds is 5. The Morgan fingerprint density at radius 1 is 1.05 bits per heavy atom. The van der Waals surface area contributed by atoms with E-state index in [0.717, 1.165) is 36.7 Å². The van der Waals surface area contributed by atoms with Crippen LogP contribution in [-0.2, 0) is 6.61 Å². The fraction of sp³-hybridized carbons (Fsp3) is 0.333. The van der Waals surface area contributed by atoms with Crippen LogP contribution in [0.1, 0.15) is 17.2 Å². The quantitative estimate of drug-likeness (QED) is 0.890. The maximum absolute atomic E-state index is 5.90. The van der Waals surface area contributed by atoms with Crippen LogP contribution < -0.4 is 20.1 Å². The van der Waals surface area contributed by atoms with E-state index in [-0.39, 0.29) is 0 Å². The number of ether oxygens (including phenoxy) is 2. The van der Waals surface area contributed by atoms with Gasteiger partial charge in [0.15, 0.2) is 11.5 Å². The van der Waals surface area contributed by atoms with Crippen LogP contribution in [0.25, 0.3) is 0 Å². The van der Waals surface area contributed by atoms with Gasteiger partial charge in [0.2, 0.25) is 0 Å². The predicted octanol–water partition coefficient (Wildman–Crippen LogP) is 2.51. The van der Waals surface area contributed by atoms with Crippen molar-refractivity contribution in [3.63, 3.8) is 0 Å². The van der Waals surface area contributed by atoms with Gasteiger partial charge in [0.05, 0.1) is 7.11 Å². The van der Waals surface area contributed by atoms with Crippen molar-refractivity contribution < 1.29 is 9.47 Å². The highest BCUT2D eigenvalue weighted by Gasteiger charge is 2.16. The lowest BCUT2D eigenvalue weighted by atomic mass is 10.0. The van der Waals surface area contributed by atoms with E-state index in [1.807, 2.05) is 24.3 Å². The highest BCUT2D eigenvalue weighted by Crippen LogP contribution is 2.31. The normalized spacial score (nSPS) is 18.0. The molecule has 1 atom stereocenters. The number of methoxy groups -OCH3 is 1. The van der Waals surface area contributed by atoms with Gasteiger partial charge in [-0.15, -0.1) is 0 Å². The molecular formula is C18H22N2O2. The third kappa shape index (κ3) is 3.59. The molecule has 3 rings (SSSR count). The highest BCUT2D eigenvalue weighted by atomic mass is 16.5. The summed E-state index contributed by atoms with van der Waals surface area (Å²) in [5.74, 6) is 1.56. The van der Waals surface area contributed by atoms with E-state index >= 15 is 0 Å². The van der Waals surface area contributed by atoms with Crippen LogP contribution in [0, 0.1) is 0 Å². The topological polar surface area (TPSA) is 42.5 Å². The maximum atomic E-state index is 5.90. The first-order valence-corrected chi connectivity index (χ1v) is 7.65. The molecule has 1 aliphatic rings. The largest absolute Gasteiger partial charge is 0.493 e. The summed E-state index contributed by atoms with van der Waals surface area (Å²) in [6, 6.07) is 16.6. The SMILES string of the molecule is COc1cc([C@H]2CNCCN2)ccc1OCc1ccccc1. The molecule has 4 nitrogen and oxygen atoms in total. The Bertz CT molecular complexity index is 595. The van der Waals surface area contributed by atoms with Gasteiger partial charge < -0.3 is 20.1 Å². The Kier molecular flexibility index (Phi) is 4.93. The monoisotopic (exact) mass is 298 g/mol. The summed E-state index contributed by atoms with van der Waals surface area (Å²) in [4.78, 5) is 0. The molecule has 1 saturated heterocycles. The minimum absolute atomic E-state index is 0.325. The smallest absolute Gasteiger partial charge is 0.161 e. The summed E-state index contributed by atoms with van der Waals surface area (Å²) >= 11 is 0. The number of benzene rings is 2. The molecule has 2 N–H and O–H groups in total. The van der Waals surface area contributed by atoms with Crippen molar-refractivity contribution >= 4 is 0 Å². The highest BCUT2D eigenvalue weighted by molar-refractivity contribution is 5.44. The van der Waals surface area contributed by atoms with E-state index < -0.39 is 0 Å². The van der Waals surface area contributed by atoms with Gasteiger partial charge in [-0.3, -0.25) is 0 Å². The zero-order chi connectivity index (χ0) is 15.2. The molecular weight excluding hydrogens is 276 g/mol. The summed E-state index contributed by atoms with van der Waals surface area (Å²) in [7, 11) is 1.68. The second kappa shape index (κ2) is 7.29. The summed E-state index contributed by atoms with van der Waals surface area (Å²) in [5.41, 5.74) is 2.36. The van der Waals surface area contributed by atoms with Crippen LogP contribution in [0.2, 0.25) is 0 Å². The van der Waals surface area contributed by atoms with E-state index in [0.29, 0.717) is 12.6 Å². The Hall–Kier alpha value is -2.04. The lowest BCUT2D eigenvalue weighted by Crippen LogP contribution is -2.42. The molecule has 0 unspecified atom stereocenters. The third-order valence-electron chi connectivity index (χ3n) is 3.87. The molecule has 2 aromatic rings. The summed E-state index contributed by atoms with van der Waals surface area (Å²) in [6.45, 7) is 3.48.